The first kappa shape index (κ1) is 26.2. The Morgan fingerprint density at radius 2 is 1.91 bits per heavy atom. The Morgan fingerprint density at radius 3 is 2.57 bits per heavy atom. The van der Waals surface area contributed by atoms with Crippen molar-refractivity contribution in [2.45, 2.75) is 19.2 Å². The average molecular weight is 515 g/mol. The Bertz CT molecular complexity index is 1220. The number of alkyl halides is 3. The van der Waals surface area contributed by atoms with Gasteiger partial charge in [0.25, 0.3) is 5.91 Å². The highest BCUT2D eigenvalue weighted by atomic mass is 35.5. The molecule has 2 aromatic carbocycles. The van der Waals surface area contributed by atoms with Crippen LogP contribution in [0.2, 0.25) is 5.02 Å². The van der Waals surface area contributed by atoms with E-state index in [2.05, 4.69) is 10.3 Å². The van der Waals surface area contributed by atoms with Crippen LogP contribution < -0.4 is 14.8 Å². The van der Waals surface area contributed by atoms with E-state index in [-0.39, 0.29) is 35.2 Å². The van der Waals surface area contributed by atoms with Crippen LogP contribution in [0.25, 0.3) is 0 Å². The van der Waals surface area contributed by atoms with Crippen LogP contribution in [0.5, 0.6) is 17.4 Å². The van der Waals surface area contributed by atoms with Gasteiger partial charge >= 0.3 is 6.18 Å². The number of aliphatic hydroxyl groups is 2. The Labute approximate surface area is 201 Å². The van der Waals surface area contributed by atoms with Crippen molar-refractivity contribution in [1.29, 1.82) is 0 Å². The molecule has 3 N–H and O–H groups in total. The molecule has 0 aliphatic carbocycles. The Hall–Kier alpha value is -3.41. The minimum atomic E-state index is -4.82. The lowest BCUT2D eigenvalue weighted by atomic mass is 10.1. The number of rotatable bonds is 8. The van der Waals surface area contributed by atoms with Gasteiger partial charge in [0.2, 0.25) is 5.88 Å². The summed E-state index contributed by atoms with van der Waals surface area (Å²) in [5, 5.41) is 19.9. The van der Waals surface area contributed by atoms with E-state index >= 15 is 0 Å². The van der Waals surface area contributed by atoms with Gasteiger partial charge in [0.1, 0.15) is 35.8 Å². The average Bonchev–Trinajstić information content (AvgIpc) is 2.79. The van der Waals surface area contributed by atoms with E-state index in [9.17, 15) is 27.5 Å². The number of nitrogens with one attached hydrogen (secondary N) is 1. The predicted molar refractivity (Wildman–Crippen MR) is 118 cm³/mol. The molecule has 0 bridgehead atoms. The summed E-state index contributed by atoms with van der Waals surface area (Å²) in [6, 6.07) is 9.10. The maximum atomic E-state index is 13.4. The number of carbonyl (C=O) groups excluding carboxylic acids is 1. The summed E-state index contributed by atoms with van der Waals surface area (Å²) >= 11 is 5.81. The first-order valence-electron chi connectivity index (χ1n) is 10.0. The van der Waals surface area contributed by atoms with Gasteiger partial charge in [-0.2, -0.15) is 18.2 Å². The van der Waals surface area contributed by atoms with Crippen molar-refractivity contribution in [3.05, 3.63) is 76.1 Å². The van der Waals surface area contributed by atoms with Gasteiger partial charge in [-0.15, -0.1) is 0 Å². The Balaban J connectivity index is 1.94. The highest BCUT2D eigenvalue weighted by Crippen LogP contribution is 2.40. The number of aliphatic hydroxyl groups excluding tert-OH is 2. The van der Waals surface area contributed by atoms with E-state index < -0.39 is 46.9 Å². The summed E-state index contributed by atoms with van der Waals surface area (Å²) in [6.07, 6.45) is -5.96. The number of nitrogens with zero attached hydrogens (tertiary/aromatic N) is 1. The summed E-state index contributed by atoms with van der Waals surface area (Å²) < 4.78 is 64.5. The molecule has 0 fully saturated rings. The molecule has 0 aliphatic rings. The number of amides is 1. The van der Waals surface area contributed by atoms with Crippen molar-refractivity contribution in [1.82, 2.24) is 4.98 Å². The summed E-state index contributed by atoms with van der Waals surface area (Å²) in [5.74, 6) is -1.90. The number of aryl methyl sites for hydroxylation is 1. The second-order valence-electron chi connectivity index (χ2n) is 7.30. The molecule has 12 heteroatoms. The largest absolute Gasteiger partial charge is 0.475 e. The lowest BCUT2D eigenvalue weighted by molar-refractivity contribution is -0.137. The standard InChI is InChI=1S/C23H19ClF4N2O5/c1-12-7-13(25)5-6-18(12)35-19-9-16(23(26,27)28)17(24)8-15(19)22(33)30-20-3-2-4-21(29-20)34-11-14(32)10-31/h2-9,14,31-32H,10-11H2,1H3,(H,29,30,33). The second kappa shape index (κ2) is 10.9. The maximum absolute atomic E-state index is 13.4. The van der Waals surface area contributed by atoms with Gasteiger partial charge in [0, 0.05) is 6.07 Å². The number of ether oxygens (including phenoxy) is 2. The van der Waals surface area contributed by atoms with Crippen LogP contribution in [0.1, 0.15) is 21.5 Å². The van der Waals surface area contributed by atoms with E-state index in [0.29, 0.717) is 6.07 Å². The maximum Gasteiger partial charge on any atom is 0.417 e. The minimum Gasteiger partial charge on any atom is -0.475 e. The van der Waals surface area contributed by atoms with Gasteiger partial charge in [-0.3, -0.25) is 4.79 Å². The van der Waals surface area contributed by atoms with Crippen LogP contribution in [0.15, 0.2) is 48.5 Å². The summed E-state index contributed by atoms with van der Waals surface area (Å²) in [6.45, 7) is 0.702. The summed E-state index contributed by atoms with van der Waals surface area (Å²) in [5.41, 5.74) is -1.27. The zero-order valence-electron chi connectivity index (χ0n) is 18.1. The number of pyridine rings is 1. The van der Waals surface area contributed by atoms with Gasteiger partial charge in [0.15, 0.2) is 0 Å². The molecule has 0 saturated carbocycles. The van der Waals surface area contributed by atoms with Gasteiger partial charge in [-0.1, -0.05) is 17.7 Å². The Kier molecular flexibility index (Phi) is 8.15. The highest BCUT2D eigenvalue weighted by Gasteiger charge is 2.35. The van der Waals surface area contributed by atoms with Crippen LogP contribution in [0.3, 0.4) is 0 Å². The predicted octanol–water partition coefficient (Wildman–Crippen LogP) is 4.98. The monoisotopic (exact) mass is 514 g/mol. The molecule has 1 aromatic heterocycles. The first-order valence-corrected chi connectivity index (χ1v) is 10.4. The van der Waals surface area contributed by atoms with E-state index in [4.69, 9.17) is 26.2 Å². The quantitative estimate of drug-likeness (QED) is 0.367. The van der Waals surface area contributed by atoms with Crippen molar-refractivity contribution < 1.29 is 42.0 Å². The third-order valence-electron chi connectivity index (χ3n) is 4.58. The molecule has 1 amide bonds. The zero-order chi connectivity index (χ0) is 25.8. The van der Waals surface area contributed by atoms with Crippen LogP contribution in [0, 0.1) is 12.7 Å². The molecule has 3 rings (SSSR count). The Morgan fingerprint density at radius 1 is 1.17 bits per heavy atom. The van der Waals surface area contributed by atoms with Crippen molar-refractivity contribution in [2.24, 2.45) is 0 Å². The number of benzene rings is 2. The van der Waals surface area contributed by atoms with Crippen molar-refractivity contribution in [2.75, 3.05) is 18.5 Å². The zero-order valence-corrected chi connectivity index (χ0v) is 18.8. The van der Waals surface area contributed by atoms with E-state index in [1.165, 1.54) is 31.2 Å². The SMILES string of the molecule is Cc1cc(F)ccc1Oc1cc(C(F)(F)F)c(Cl)cc1C(=O)Nc1cccc(OCC(O)CO)n1. The molecular weight excluding hydrogens is 496 g/mol. The van der Waals surface area contributed by atoms with Gasteiger partial charge in [-0.05, 0) is 48.9 Å². The third-order valence-corrected chi connectivity index (χ3v) is 4.89. The van der Waals surface area contributed by atoms with E-state index in [1.54, 1.807) is 0 Å². The topological polar surface area (TPSA) is 101 Å². The number of hydrogen-bond donors (Lipinski definition) is 3. The first-order chi connectivity index (χ1) is 16.5. The van der Waals surface area contributed by atoms with Crippen molar-refractivity contribution >= 4 is 23.3 Å². The molecule has 1 heterocycles. The van der Waals surface area contributed by atoms with Crippen LogP contribution in [-0.4, -0.2) is 40.4 Å². The molecule has 35 heavy (non-hydrogen) atoms. The number of aromatic nitrogens is 1. The molecule has 0 saturated heterocycles. The molecule has 1 unspecified atom stereocenters. The molecule has 3 aromatic rings. The highest BCUT2D eigenvalue weighted by molar-refractivity contribution is 6.32. The third kappa shape index (κ3) is 6.81. The molecular formula is C23H19ClF4N2O5. The van der Waals surface area contributed by atoms with Gasteiger partial charge in [0.05, 0.1) is 22.8 Å². The van der Waals surface area contributed by atoms with Gasteiger partial charge < -0.3 is 25.0 Å². The van der Waals surface area contributed by atoms with Crippen LogP contribution in [-0.2, 0) is 6.18 Å². The molecule has 7 nitrogen and oxygen atoms in total. The van der Waals surface area contributed by atoms with Gasteiger partial charge in [-0.25, -0.2) is 4.39 Å². The fourth-order valence-electron chi connectivity index (χ4n) is 2.86. The van der Waals surface area contributed by atoms with Crippen LogP contribution >= 0.6 is 11.6 Å². The van der Waals surface area contributed by atoms with Crippen LogP contribution in [0.4, 0.5) is 23.4 Å². The lowest BCUT2D eigenvalue weighted by Gasteiger charge is -2.17. The normalized spacial score (nSPS) is 12.2. The summed E-state index contributed by atoms with van der Waals surface area (Å²) in [4.78, 5) is 17.0. The fraction of sp³-hybridized carbons (Fsp3) is 0.217. The second-order valence-corrected chi connectivity index (χ2v) is 7.71. The smallest absolute Gasteiger partial charge is 0.417 e. The fourth-order valence-corrected chi connectivity index (χ4v) is 3.13. The molecule has 0 radical (unpaired) electrons. The summed E-state index contributed by atoms with van der Waals surface area (Å²) in [7, 11) is 0. The van der Waals surface area contributed by atoms with Crippen molar-refractivity contribution in [3.63, 3.8) is 0 Å². The number of carbonyl (C=O) groups is 1. The molecule has 0 aliphatic heterocycles. The minimum absolute atomic E-state index is 0.0131. The van der Waals surface area contributed by atoms with Crippen molar-refractivity contribution in [3.8, 4) is 17.4 Å². The van der Waals surface area contributed by atoms with E-state index in [1.807, 2.05) is 0 Å². The molecule has 0 spiro atoms. The van der Waals surface area contributed by atoms with E-state index in [0.717, 1.165) is 18.2 Å². The molecule has 186 valence electrons. The number of anilines is 1. The lowest BCUT2D eigenvalue weighted by Crippen LogP contribution is -2.21. The molecule has 1 atom stereocenters. The number of hydrogen-bond acceptors (Lipinski definition) is 6. The number of halogens is 5.